The van der Waals surface area contributed by atoms with Crippen molar-refractivity contribution in [2.24, 2.45) is 0 Å². The lowest BCUT2D eigenvalue weighted by Crippen LogP contribution is -2.16. The Hall–Kier alpha value is -2.87. The minimum Gasteiger partial charge on any atom is -0.324 e. The zero-order valence-electron chi connectivity index (χ0n) is 13.8. The van der Waals surface area contributed by atoms with Gasteiger partial charge >= 0.3 is 6.18 Å². The number of nitrogens with zero attached hydrogens (tertiary/aromatic N) is 4. The number of hydrogen-bond donors (Lipinski definition) is 1. The summed E-state index contributed by atoms with van der Waals surface area (Å²) in [5.74, 6) is 0.676. The highest BCUT2D eigenvalue weighted by Crippen LogP contribution is 2.37. The summed E-state index contributed by atoms with van der Waals surface area (Å²) in [7, 11) is 0. The first-order chi connectivity index (χ1) is 12.9. The second-order valence-electron chi connectivity index (χ2n) is 5.99. The summed E-state index contributed by atoms with van der Waals surface area (Å²) >= 11 is 5.64. The Morgan fingerprint density at radius 1 is 1.11 bits per heavy atom. The number of alkyl halides is 3. The molecule has 2 aromatic carbocycles. The number of hydrogen-bond acceptors (Lipinski definition) is 5. The first kappa shape index (κ1) is 17.5. The van der Waals surface area contributed by atoms with Crippen molar-refractivity contribution in [3.8, 4) is 0 Å². The fourth-order valence-electron chi connectivity index (χ4n) is 3.00. The molecule has 1 aliphatic rings. The van der Waals surface area contributed by atoms with Crippen LogP contribution in [-0.4, -0.2) is 21.7 Å². The lowest BCUT2D eigenvalue weighted by molar-refractivity contribution is -0.137. The number of fused-ring (bicyclic) bond motifs is 1. The number of nitrogens with one attached hydrogen (secondary N) is 1. The summed E-state index contributed by atoms with van der Waals surface area (Å²) in [4.78, 5) is 6.39. The fourth-order valence-corrected chi connectivity index (χ4v) is 3.23. The van der Waals surface area contributed by atoms with E-state index >= 15 is 0 Å². The van der Waals surface area contributed by atoms with Gasteiger partial charge in [-0.2, -0.15) is 23.3 Å². The van der Waals surface area contributed by atoms with E-state index in [1.165, 1.54) is 23.9 Å². The van der Waals surface area contributed by atoms with Crippen LogP contribution in [0.3, 0.4) is 0 Å². The van der Waals surface area contributed by atoms with Crippen molar-refractivity contribution >= 4 is 34.7 Å². The quantitative estimate of drug-likeness (QED) is 0.682. The molecule has 1 aliphatic heterocycles. The Morgan fingerprint density at radius 3 is 2.74 bits per heavy atom. The number of benzene rings is 2. The Labute approximate surface area is 157 Å². The van der Waals surface area contributed by atoms with Crippen LogP contribution in [0.1, 0.15) is 11.1 Å². The molecule has 0 fully saturated rings. The van der Waals surface area contributed by atoms with Crippen LogP contribution >= 0.6 is 11.6 Å². The molecule has 0 aliphatic carbocycles. The summed E-state index contributed by atoms with van der Waals surface area (Å²) in [5, 5.41) is 10.2. The molecule has 0 spiro atoms. The predicted octanol–water partition coefficient (Wildman–Crippen LogP) is 4.98. The molecule has 3 aromatic rings. The molecule has 0 bridgehead atoms. The van der Waals surface area contributed by atoms with Crippen molar-refractivity contribution in [1.29, 1.82) is 0 Å². The van der Waals surface area contributed by atoms with Crippen LogP contribution in [0.5, 0.6) is 0 Å². The molecule has 27 heavy (non-hydrogen) atoms. The minimum absolute atomic E-state index is 0.104. The molecule has 5 nitrogen and oxygen atoms in total. The average molecular weight is 392 g/mol. The maximum atomic E-state index is 13.0. The van der Waals surface area contributed by atoms with E-state index in [4.69, 9.17) is 11.6 Å². The Balaban J connectivity index is 1.61. The van der Waals surface area contributed by atoms with Crippen LogP contribution < -0.4 is 10.2 Å². The molecule has 9 heteroatoms. The fraction of sp³-hybridized carbons (Fsp3) is 0.167. The second kappa shape index (κ2) is 6.70. The van der Waals surface area contributed by atoms with Crippen molar-refractivity contribution in [2.45, 2.75) is 12.6 Å². The van der Waals surface area contributed by atoms with E-state index in [-0.39, 0.29) is 16.7 Å². The van der Waals surface area contributed by atoms with Gasteiger partial charge in [-0.05, 0) is 36.2 Å². The van der Waals surface area contributed by atoms with Crippen molar-refractivity contribution in [1.82, 2.24) is 15.2 Å². The lowest BCUT2D eigenvalue weighted by atomic mass is 10.2. The average Bonchev–Trinajstić information content (AvgIpc) is 3.07. The van der Waals surface area contributed by atoms with Gasteiger partial charge in [0.05, 0.1) is 16.8 Å². The number of para-hydroxylation sites is 1. The predicted molar refractivity (Wildman–Crippen MR) is 96.7 cm³/mol. The van der Waals surface area contributed by atoms with E-state index in [2.05, 4.69) is 26.6 Å². The monoisotopic (exact) mass is 391 g/mol. The van der Waals surface area contributed by atoms with E-state index in [1.54, 1.807) is 0 Å². The van der Waals surface area contributed by atoms with Crippen molar-refractivity contribution in [3.05, 3.63) is 64.8 Å². The lowest BCUT2D eigenvalue weighted by Gasteiger charge is -2.18. The largest absolute Gasteiger partial charge is 0.417 e. The SMILES string of the molecule is FC(F)(F)c1cc(Nc2nncc(N3CCc4ccccc43)n2)ccc1Cl. The molecule has 4 rings (SSSR count). The molecular formula is C18H13ClF3N5. The molecular weight excluding hydrogens is 379 g/mol. The van der Waals surface area contributed by atoms with E-state index in [0.29, 0.717) is 5.82 Å². The Kier molecular flexibility index (Phi) is 4.35. The zero-order valence-corrected chi connectivity index (χ0v) is 14.6. The van der Waals surface area contributed by atoms with Crippen molar-refractivity contribution < 1.29 is 13.2 Å². The summed E-state index contributed by atoms with van der Waals surface area (Å²) in [6.07, 6.45) is -2.14. The minimum atomic E-state index is -4.55. The molecule has 1 N–H and O–H groups in total. The van der Waals surface area contributed by atoms with Gasteiger partial charge in [0.1, 0.15) is 0 Å². The number of halogens is 4. The molecule has 0 saturated carbocycles. The van der Waals surface area contributed by atoms with Gasteiger partial charge < -0.3 is 10.2 Å². The van der Waals surface area contributed by atoms with Crippen molar-refractivity contribution in [3.63, 3.8) is 0 Å². The zero-order chi connectivity index (χ0) is 19.0. The molecule has 0 amide bonds. The highest BCUT2D eigenvalue weighted by atomic mass is 35.5. The van der Waals surface area contributed by atoms with Gasteiger partial charge in [-0.25, -0.2) is 0 Å². The summed E-state index contributed by atoms with van der Waals surface area (Å²) in [5.41, 5.74) is 1.49. The van der Waals surface area contributed by atoms with Gasteiger partial charge in [-0.15, -0.1) is 5.10 Å². The van der Waals surface area contributed by atoms with Gasteiger partial charge in [0, 0.05) is 17.9 Å². The second-order valence-corrected chi connectivity index (χ2v) is 6.39. The molecule has 1 aromatic heterocycles. The van der Waals surface area contributed by atoms with Crippen LogP contribution in [0.2, 0.25) is 5.02 Å². The third-order valence-corrected chi connectivity index (χ3v) is 4.57. The summed E-state index contributed by atoms with van der Waals surface area (Å²) in [6.45, 7) is 0.747. The van der Waals surface area contributed by atoms with E-state index in [1.807, 2.05) is 23.1 Å². The first-order valence-electron chi connectivity index (χ1n) is 8.11. The Morgan fingerprint density at radius 2 is 1.93 bits per heavy atom. The normalized spacial score (nSPS) is 13.6. The van der Waals surface area contributed by atoms with Crippen LogP contribution in [0.4, 0.5) is 36.3 Å². The highest BCUT2D eigenvalue weighted by molar-refractivity contribution is 6.31. The van der Waals surface area contributed by atoms with Crippen LogP contribution in [-0.2, 0) is 12.6 Å². The summed E-state index contributed by atoms with van der Waals surface area (Å²) in [6, 6.07) is 11.5. The van der Waals surface area contributed by atoms with E-state index < -0.39 is 11.7 Å². The van der Waals surface area contributed by atoms with Gasteiger partial charge in [0.25, 0.3) is 0 Å². The molecule has 0 saturated heterocycles. The third kappa shape index (κ3) is 3.52. The number of rotatable bonds is 3. The molecule has 0 atom stereocenters. The summed E-state index contributed by atoms with van der Waals surface area (Å²) < 4.78 is 39.0. The topological polar surface area (TPSA) is 53.9 Å². The number of aromatic nitrogens is 3. The smallest absolute Gasteiger partial charge is 0.324 e. The maximum Gasteiger partial charge on any atom is 0.417 e. The van der Waals surface area contributed by atoms with Gasteiger partial charge in [-0.1, -0.05) is 29.8 Å². The third-order valence-electron chi connectivity index (χ3n) is 4.24. The van der Waals surface area contributed by atoms with Crippen LogP contribution in [0, 0.1) is 0 Å². The first-order valence-corrected chi connectivity index (χ1v) is 8.48. The highest BCUT2D eigenvalue weighted by Gasteiger charge is 2.33. The van der Waals surface area contributed by atoms with Gasteiger partial charge in [0.2, 0.25) is 5.95 Å². The van der Waals surface area contributed by atoms with Gasteiger partial charge in [-0.3, -0.25) is 0 Å². The molecule has 0 radical (unpaired) electrons. The molecule has 138 valence electrons. The maximum absolute atomic E-state index is 13.0. The van der Waals surface area contributed by atoms with Crippen molar-refractivity contribution in [2.75, 3.05) is 16.8 Å². The van der Waals surface area contributed by atoms with Crippen LogP contribution in [0.25, 0.3) is 0 Å². The molecule has 2 heterocycles. The van der Waals surface area contributed by atoms with Crippen LogP contribution in [0.15, 0.2) is 48.7 Å². The number of anilines is 4. The standard InChI is InChI=1S/C18H13ClF3N5/c19-14-6-5-12(9-13(14)18(20,21)22)24-17-25-16(10-23-26-17)27-8-7-11-3-1-2-4-15(11)27/h1-6,9-10H,7-8H2,(H,24,25,26). The molecule has 0 unspecified atom stereocenters. The van der Waals surface area contributed by atoms with Gasteiger partial charge in [0.15, 0.2) is 5.82 Å². The van der Waals surface area contributed by atoms with E-state index in [0.717, 1.165) is 24.7 Å². The van der Waals surface area contributed by atoms with E-state index in [9.17, 15) is 13.2 Å². The Bertz CT molecular complexity index is 993.